The molecule has 0 saturated heterocycles. The number of nitrogens with zero attached hydrogens (tertiary/aromatic N) is 2. The third-order valence-electron chi connectivity index (χ3n) is 4.48. The third kappa shape index (κ3) is 2.93. The Kier molecular flexibility index (Phi) is 4.51. The first kappa shape index (κ1) is 17.3. The van der Waals surface area contributed by atoms with Gasteiger partial charge < -0.3 is 15.9 Å². The predicted molar refractivity (Wildman–Crippen MR) is 102 cm³/mol. The van der Waals surface area contributed by atoms with Crippen LogP contribution in [0.1, 0.15) is 23.6 Å². The van der Waals surface area contributed by atoms with Crippen LogP contribution in [-0.2, 0) is 6.42 Å². The van der Waals surface area contributed by atoms with E-state index in [9.17, 15) is 15.5 Å². The van der Waals surface area contributed by atoms with Crippen LogP contribution in [0.3, 0.4) is 0 Å². The minimum absolute atomic E-state index is 0.134. The van der Waals surface area contributed by atoms with E-state index in [0.717, 1.165) is 17.5 Å². The molecular formula is C21H19N3O2. The van der Waals surface area contributed by atoms with Crippen molar-refractivity contribution in [2.45, 2.75) is 20.3 Å². The van der Waals surface area contributed by atoms with Gasteiger partial charge >= 0.3 is 0 Å². The highest BCUT2D eigenvalue weighted by molar-refractivity contribution is 5.84. The van der Waals surface area contributed by atoms with Gasteiger partial charge in [0, 0.05) is 11.1 Å². The summed E-state index contributed by atoms with van der Waals surface area (Å²) in [7, 11) is 0. The second-order valence-electron chi connectivity index (χ2n) is 6.09. The number of pyridine rings is 1. The van der Waals surface area contributed by atoms with Crippen molar-refractivity contribution in [3.8, 4) is 40.0 Å². The van der Waals surface area contributed by atoms with Crippen molar-refractivity contribution in [3.05, 3.63) is 59.2 Å². The Hall–Kier alpha value is -3.52. The van der Waals surface area contributed by atoms with Gasteiger partial charge in [-0.15, -0.1) is 0 Å². The number of hydrogen-bond donors (Lipinski definition) is 3. The molecule has 2 aromatic carbocycles. The number of hydrogen-bond acceptors (Lipinski definition) is 5. The van der Waals surface area contributed by atoms with Crippen LogP contribution in [0.25, 0.3) is 22.4 Å². The number of aromatic hydroxyl groups is 2. The molecule has 1 aromatic heterocycles. The maximum atomic E-state index is 9.85. The van der Waals surface area contributed by atoms with Crippen molar-refractivity contribution in [2.75, 3.05) is 5.73 Å². The summed E-state index contributed by atoms with van der Waals surface area (Å²) in [6.07, 6.45) is 0.945. The van der Waals surface area contributed by atoms with Gasteiger partial charge in [0.1, 0.15) is 17.5 Å². The smallest absolute Gasteiger partial charge is 0.158 e. The Morgan fingerprint density at radius 3 is 2.27 bits per heavy atom. The molecule has 0 unspecified atom stereocenters. The molecule has 130 valence electrons. The van der Waals surface area contributed by atoms with Crippen LogP contribution in [0.4, 0.5) is 5.82 Å². The first-order valence-electron chi connectivity index (χ1n) is 8.28. The summed E-state index contributed by atoms with van der Waals surface area (Å²) in [5.41, 5.74) is 11.1. The average molecular weight is 345 g/mol. The van der Waals surface area contributed by atoms with Gasteiger partial charge in [-0.25, -0.2) is 4.98 Å². The monoisotopic (exact) mass is 345 g/mol. The summed E-state index contributed by atoms with van der Waals surface area (Å²) in [5.74, 6) is -0.340. The first-order valence-corrected chi connectivity index (χ1v) is 8.28. The lowest BCUT2D eigenvalue weighted by Gasteiger charge is -2.15. The number of phenolic OH excluding ortho intramolecular Hbond substituents is 2. The van der Waals surface area contributed by atoms with E-state index in [4.69, 9.17) is 5.73 Å². The number of benzene rings is 2. The summed E-state index contributed by atoms with van der Waals surface area (Å²) in [4.78, 5) is 4.44. The highest BCUT2D eigenvalue weighted by Gasteiger charge is 2.19. The standard InChI is InChI=1S/C21H19N3O2/c1-3-13-4-6-14(7-5-13)20-12(2)19(16(11-22)21(23)24-20)15-8-9-17(25)18(26)10-15/h4-10,25-26H,3H2,1-2H3,(H2,23,24). The van der Waals surface area contributed by atoms with E-state index in [-0.39, 0.29) is 22.9 Å². The summed E-state index contributed by atoms with van der Waals surface area (Å²) < 4.78 is 0. The molecule has 0 atom stereocenters. The van der Waals surface area contributed by atoms with Crippen LogP contribution < -0.4 is 5.73 Å². The number of nitrogens with two attached hydrogens (primary N) is 1. The lowest BCUT2D eigenvalue weighted by Crippen LogP contribution is -2.03. The molecule has 0 spiro atoms. The van der Waals surface area contributed by atoms with Crippen molar-refractivity contribution >= 4 is 5.82 Å². The van der Waals surface area contributed by atoms with Crippen LogP contribution in [0.2, 0.25) is 0 Å². The van der Waals surface area contributed by atoms with Crippen LogP contribution in [0.5, 0.6) is 11.5 Å². The maximum absolute atomic E-state index is 9.85. The zero-order valence-electron chi connectivity index (χ0n) is 14.6. The van der Waals surface area contributed by atoms with Gasteiger partial charge in [0.25, 0.3) is 0 Å². The largest absolute Gasteiger partial charge is 0.504 e. The van der Waals surface area contributed by atoms with Crippen LogP contribution in [-0.4, -0.2) is 15.2 Å². The Morgan fingerprint density at radius 1 is 1.04 bits per heavy atom. The van der Waals surface area contributed by atoms with Gasteiger partial charge in [-0.3, -0.25) is 0 Å². The number of nitrogen functional groups attached to an aromatic ring is 1. The fourth-order valence-corrected chi connectivity index (χ4v) is 3.03. The van der Waals surface area contributed by atoms with Crippen molar-refractivity contribution in [1.82, 2.24) is 4.98 Å². The number of aryl methyl sites for hydroxylation is 1. The molecule has 0 aliphatic carbocycles. The minimum atomic E-state index is -0.255. The second kappa shape index (κ2) is 6.77. The molecule has 3 aromatic rings. The molecule has 0 bridgehead atoms. The molecule has 5 nitrogen and oxygen atoms in total. The van der Waals surface area contributed by atoms with Crippen LogP contribution in [0, 0.1) is 18.3 Å². The fourth-order valence-electron chi connectivity index (χ4n) is 3.03. The van der Waals surface area contributed by atoms with Gasteiger partial charge in [-0.1, -0.05) is 37.3 Å². The van der Waals surface area contributed by atoms with Crippen molar-refractivity contribution in [2.24, 2.45) is 0 Å². The van der Waals surface area contributed by atoms with E-state index in [1.54, 1.807) is 6.07 Å². The molecule has 26 heavy (non-hydrogen) atoms. The highest BCUT2D eigenvalue weighted by atomic mass is 16.3. The van der Waals surface area contributed by atoms with Crippen LogP contribution >= 0.6 is 0 Å². The fraction of sp³-hybridized carbons (Fsp3) is 0.143. The number of aromatic nitrogens is 1. The number of phenols is 2. The number of anilines is 1. The van der Waals surface area contributed by atoms with Gasteiger partial charge in [0.05, 0.1) is 5.69 Å². The first-order chi connectivity index (χ1) is 12.5. The third-order valence-corrected chi connectivity index (χ3v) is 4.48. The van der Waals surface area contributed by atoms with Crippen molar-refractivity contribution in [1.29, 1.82) is 5.26 Å². The van der Waals surface area contributed by atoms with Crippen LogP contribution in [0.15, 0.2) is 42.5 Å². The molecule has 0 aliphatic rings. The van der Waals surface area contributed by atoms with Gasteiger partial charge in [-0.05, 0) is 42.2 Å². The lowest BCUT2D eigenvalue weighted by molar-refractivity contribution is 0.404. The van der Waals surface area contributed by atoms with E-state index in [1.807, 2.05) is 31.2 Å². The van der Waals surface area contributed by atoms with E-state index in [0.29, 0.717) is 16.8 Å². The molecule has 5 heteroatoms. The van der Waals surface area contributed by atoms with Crippen molar-refractivity contribution in [3.63, 3.8) is 0 Å². The zero-order chi connectivity index (χ0) is 18.8. The molecule has 3 rings (SSSR count). The second-order valence-corrected chi connectivity index (χ2v) is 6.09. The molecule has 4 N–H and O–H groups in total. The lowest BCUT2D eigenvalue weighted by atomic mass is 9.92. The molecule has 0 saturated carbocycles. The minimum Gasteiger partial charge on any atom is -0.504 e. The quantitative estimate of drug-likeness (QED) is 0.619. The maximum Gasteiger partial charge on any atom is 0.158 e. The Morgan fingerprint density at radius 2 is 1.69 bits per heavy atom. The topological polar surface area (TPSA) is 103 Å². The summed E-state index contributed by atoms with van der Waals surface area (Å²) in [6, 6.07) is 14.6. The molecular weight excluding hydrogens is 326 g/mol. The van der Waals surface area contributed by atoms with E-state index in [2.05, 4.69) is 18.0 Å². The Labute approximate surface area is 152 Å². The molecule has 0 fully saturated rings. The highest BCUT2D eigenvalue weighted by Crippen LogP contribution is 2.38. The molecule has 0 amide bonds. The number of nitriles is 1. The molecule has 0 aliphatic heterocycles. The number of rotatable bonds is 3. The van der Waals surface area contributed by atoms with E-state index >= 15 is 0 Å². The SMILES string of the molecule is CCc1ccc(-c2nc(N)c(C#N)c(-c3ccc(O)c(O)c3)c2C)cc1. The zero-order valence-corrected chi connectivity index (χ0v) is 14.6. The van der Waals surface area contributed by atoms with E-state index < -0.39 is 0 Å². The predicted octanol–water partition coefficient (Wildman–Crippen LogP) is 4.15. The summed E-state index contributed by atoms with van der Waals surface area (Å²) >= 11 is 0. The van der Waals surface area contributed by atoms with Crippen molar-refractivity contribution < 1.29 is 10.2 Å². The Bertz CT molecular complexity index is 1020. The average Bonchev–Trinajstić information content (AvgIpc) is 2.65. The molecule has 1 heterocycles. The summed E-state index contributed by atoms with van der Waals surface area (Å²) in [5, 5.41) is 29.0. The van der Waals surface area contributed by atoms with Gasteiger partial charge in [-0.2, -0.15) is 5.26 Å². The van der Waals surface area contributed by atoms with Gasteiger partial charge in [0.15, 0.2) is 11.5 Å². The molecule has 0 radical (unpaired) electrons. The Balaban J connectivity index is 2.27. The summed E-state index contributed by atoms with van der Waals surface area (Å²) in [6.45, 7) is 3.96. The normalized spacial score (nSPS) is 10.5. The van der Waals surface area contributed by atoms with E-state index in [1.165, 1.54) is 17.7 Å². The van der Waals surface area contributed by atoms with Gasteiger partial charge in [0.2, 0.25) is 0 Å².